The summed E-state index contributed by atoms with van der Waals surface area (Å²) < 4.78 is 0. The Hall–Kier alpha value is -0.0400. The summed E-state index contributed by atoms with van der Waals surface area (Å²) in [4.78, 5) is 9.97. The molecule has 2 rings (SSSR count). The third kappa shape index (κ3) is 7.89. The quantitative estimate of drug-likeness (QED) is 0.289. The van der Waals surface area contributed by atoms with Crippen LogP contribution in [0.1, 0.15) is 59.3 Å². The van der Waals surface area contributed by atoms with Gasteiger partial charge in [-0.25, -0.2) is 0 Å². The summed E-state index contributed by atoms with van der Waals surface area (Å²) in [5.41, 5.74) is 0. The van der Waals surface area contributed by atoms with Gasteiger partial charge in [-0.3, -0.25) is 4.99 Å². The molecule has 0 bridgehead atoms. The van der Waals surface area contributed by atoms with E-state index in [9.17, 15) is 0 Å². The predicted molar refractivity (Wildman–Crippen MR) is 115 cm³/mol. The zero-order valence-corrected chi connectivity index (χ0v) is 18.4. The lowest BCUT2D eigenvalue weighted by Crippen LogP contribution is -2.45. The van der Waals surface area contributed by atoms with Crippen LogP contribution in [0, 0.1) is 11.8 Å². The highest BCUT2D eigenvalue weighted by Gasteiger charge is 2.18. The number of guanidine groups is 1. The van der Waals surface area contributed by atoms with Crippen molar-refractivity contribution in [1.82, 2.24) is 15.1 Å². The lowest BCUT2D eigenvalue weighted by Gasteiger charge is -2.33. The monoisotopic (exact) mass is 450 g/mol. The maximum absolute atomic E-state index is 4.87. The lowest BCUT2D eigenvalue weighted by molar-refractivity contribution is 0.181. The Morgan fingerprint density at radius 2 is 1.79 bits per heavy atom. The molecule has 2 aliphatic heterocycles. The Kier molecular flexibility index (Phi) is 11.3. The highest BCUT2D eigenvalue weighted by atomic mass is 127. The molecule has 0 aliphatic carbocycles. The summed E-state index contributed by atoms with van der Waals surface area (Å²) in [6, 6.07) is 0. The van der Waals surface area contributed by atoms with Crippen molar-refractivity contribution in [3.8, 4) is 0 Å². The lowest BCUT2D eigenvalue weighted by atomic mass is 9.99. The van der Waals surface area contributed by atoms with Crippen molar-refractivity contribution in [2.45, 2.75) is 59.3 Å². The summed E-state index contributed by atoms with van der Waals surface area (Å²) in [5, 5.41) is 3.48. The Labute approximate surface area is 166 Å². The smallest absolute Gasteiger partial charge is 0.193 e. The van der Waals surface area contributed by atoms with Crippen LogP contribution in [0.15, 0.2) is 4.99 Å². The predicted octanol–water partition coefficient (Wildman–Crippen LogP) is 3.81. The van der Waals surface area contributed by atoms with E-state index in [-0.39, 0.29) is 24.0 Å². The largest absolute Gasteiger partial charge is 0.357 e. The molecule has 2 fully saturated rings. The fourth-order valence-corrected chi connectivity index (χ4v) is 3.77. The normalized spacial score (nSPS) is 23.9. The van der Waals surface area contributed by atoms with Crippen LogP contribution in [0.25, 0.3) is 0 Å². The second-order valence-corrected chi connectivity index (χ2v) is 7.66. The fourth-order valence-electron chi connectivity index (χ4n) is 3.77. The fraction of sp³-hybridized carbons (Fsp3) is 0.947. The number of nitrogens with zero attached hydrogens (tertiary/aromatic N) is 3. The molecule has 1 unspecified atom stereocenters. The van der Waals surface area contributed by atoms with Crippen molar-refractivity contribution >= 4 is 29.9 Å². The average molecular weight is 450 g/mol. The number of likely N-dealkylation sites (tertiary alicyclic amines) is 2. The van der Waals surface area contributed by atoms with Crippen molar-refractivity contribution < 1.29 is 0 Å². The van der Waals surface area contributed by atoms with Crippen molar-refractivity contribution in [2.24, 2.45) is 16.8 Å². The number of nitrogens with one attached hydrogen (secondary N) is 1. The summed E-state index contributed by atoms with van der Waals surface area (Å²) in [6.45, 7) is 15.1. The minimum Gasteiger partial charge on any atom is -0.357 e. The van der Waals surface area contributed by atoms with Gasteiger partial charge in [0.25, 0.3) is 0 Å². The third-order valence-corrected chi connectivity index (χ3v) is 5.30. The van der Waals surface area contributed by atoms with Crippen LogP contribution < -0.4 is 5.32 Å². The first-order valence-corrected chi connectivity index (χ1v) is 9.94. The van der Waals surface area contributed by atoms with Gasteiger partial charge >= 0.3 is 0 Å². The molecule has 0 aromatic heterocycles. The van der Waals surface area contributed by atoms with Gasteiger partial charge in [0.2, 0.25) is 0 Å². The molecule has 0 radical (unpaired) electrons. The van der Waals surface area contributed by atoms with Crippen LogP contribution in [0.3, 0.4) is 0 Å². The van der Waals surface area contributed by atoms with Gasteiger partial charge in [-0.1, -0.05) is 13.8 Å². The van der Waals surface area contributed by atoms with Gasteiger partial charge in [0.1, 0.15) is 0 Å². The van der Waals surface area contributed by atoms with Gasteiger partial charge in [0.15, 0.2) is 5.96 Å². The van der Waals surface area contributed by atoms with E-state index in [0.29, 0.717) is 0 Å². The van der Waals surface area contributed by atoms with E-state index < -0.39 is 0 Å². The molecule has 2 heterocycles. The molecular formula is C19H39IN4. The number of aliphatic imine (C=N–C) groups is 1. The molecule has 4 nitrogen and oxygen atoms in total. The first-order chi connectivity index (χ1) is 11.2. The molecule has 0 spiro atoms. The summed E-state index contributed by atoms with van der Waals surface area (Å²) in [7, 11) is 0. The van der Waals surface area contributed by atoms with Gasteiger partial charge in [0.05, 0.1) is 0 Å². The van der Waals surface area contributed by atoms with Gasteiger partial charge < -0.3 is 15.1 Å². The van der Waals surface area contributed by atoms with Crippen molar-refractivity contribution in [1.29, 1.82) is 0 Å². The second kappa shape index (κ2) is 12.3. The minimum absolute atomic E-state index is 0. The Balaban J connectivity index is 0.00000288. The van der Waals surface area contributed by atoms with Crippen LogP contribution >= 0.6 is 24.0 Å². The number of halogens is 1. The molecule has 5 heteroatoms. The average Bonchev–Trinajstić information content (AvgIpc) is 2.54. The van der Waals surface area contributed by atoms with Crippen LogP contribution in [0.5, 0.6) is 0 Å². The molecule has 0 aromatic rings. The maximum atomic E-state index is 4.87. The zero-order valence-electron chi connectivity index (χ0n) is 16.1. The third-order valence-electron chi connectivity index (χ3n) is 5.30. The zero-order chi connectivity index (χ0) is 16.5. The van der Waals surface area contributed by atoms with E-state index in [0.717, 1.165) is 30.9 Å². The van der Waals surface area contributed by atoms with Crippen molar-refractivity contribution in [2.75, 3.05) is 45.8 Å². The summed E-state index contributed by atoms with van der Waals surface area (Å²) >= 11 is 0. The molecule has 2 saturated heterocycles. The minimum atomic E-state index is 0. The molecule has 24 heavy (non-hydrogen) atoms. The first kappa shape index (κ1) is 22.0. The first-order valence-electron chi connectivity index (χ1n) is 9.94. The van der Waals surface area contributed by atoms with Crippen LogP contribution in [0.2, 0.25) is 0 Å². The van der Waals surface area contributed by atoms with Gasteiger partial charge in [0, 0.05) is 32.7 Å². The van der Waals surface area contributed by atoms with E-state index in [1.165, 1.54) is 71.2 Å². The molecule has 2 aliphatic rings. The number of rotatable bonds is 6. The van der Waals surface area contributed by atoms with Crippen molar-refractivity contribution in [3.05, 3.63) is 0 Å². The summed E-state index contributed by atoms with van der Waals surface area (Å²) in [6.07, 6.45) is 7.91. The molecule has 1 atom stereocenters. The molecule has 0 saturated carbocycles. The van der Waals surface area contributed by atoms with E-state index in [2.05, 4.69) is 35.9 Å². The summed E-state index contributed by atoms with van der Waals surface area (Å²) in [5.74, 6) is 2.91. The topological polar surface area (TPSA) is 30.9 Å². The SMILES string of the molecule is CCNC(=NCCCCN1CCCC(C)C1)N1CCC(C)CC1.I. The number of hydrogen-bond donors (Lipinski definition) is 1. The highest BCUT2D eigenvalue weighted by Crippen LogP contribution is 2.17. The molecule has 1 N–H and O–H groups in total. The van der Waals surface area contributed by atoms with Crippen LogP contribution in [-0.4, -0.2) is 61.6 Å². The van der Waals surface area contributed by atoms with Crippen molar-refractivity contribution in [3.63, 3.8) is 0 Å². The van der Waals surface area contributed by atoms with E-state index >= 15 is 0 Å². The second-order valence-electron chi connectivity index (χ2n) is 7.66. The number of piperidine rings is 2. The molecule has 0 aromatic carbocycles. The maximum Gasteiger partial charge on any atom is 0.193 e. The van der Waals surface area contributed by atoms with Gasteiger partial charge in [-0.15, -0.1) is 24.0 Å². The van der Waals surface area contributed by atoms with Gasteiger partial charge in [-0.05, 0) is 70.4 Å². The Morgan fingerprint density at radius 1 is 1.04 bits per heavy atom. The Bertz CT molecular complexity index is 353. The van der Waals surface area contributed by atoms with E-state index in [1.807, 2.05) is 0 Å². The van der Waals surface area contributed by atoms with Gasteiger partial charge in [-0.2, -0.15) is 0 Å². The van der Waals surface area contributed by atoms with E-state index in [1.54, 1.807) is 0 Å². The number of hydrogen-bond acceptors (Lipinski definition) is 2. The number of unbranched alkanes of at least 4 members (excludes halogenated alkanes) is 1. The Morgan fingerprint density at radius 3 is 2.46 bits per heavy atom. The van der Waals surface area contributed by atoms with Crippen LogP contribution in [0.4, 0.5) is 0 Å². The van der Waals surface area contributed by atoms with Crippen LogP contribution in [-0.2, 0) is 0 Å². The molecule has 0 amide bonds. The standard InChI is InChI=1S/C19H38N4.HI/c1-4-20-19(23-14-9-17(2)10-15-23)21-11-5-6-12-22-13-7-8-18(3)16-22;/h17-18H,4-16H2,1-3H3,(H,20,21);1H. The van der Waals surface area contributed by atoms with E-state index in [4.69, 9.17) is 4.99 Å². The molecular weight excluding hydrogens is 411 g/mol. The molecule has 142 valence electrons. The highest BCUT2D eigenvalue weighted by molar-refractivity contribution is 14.0.